The maximum absolute atomic E-state index is 14.6. The third kappa shape index (κ3) is 6.26. The standard InChI is InChI=1S/C24H28F5N3O4/c1-3-4-32(5-6-34-2)23-31-20(19(36-23)12-24(27,28)29)22(33)30-15-10-17(25)21(18(26)11-15)35-16-8-13-7-14(13)9-16/h10-11,13-14,16H,3-9,12H2,1-2H3,(H,30,33)/t13-,14+,16?. The second-order valence-electron chi connectivity index (χ2n) is 9.23. The highest BCUT2D eigenvalue weighted by atomic mass is 19.4. The second-order valence-corrected chi connectivity index (χ2v) is 9.23. The number of alkyl halides is 3. The van der Waals surface area contributed by atoms with Gasteiger partial charge in [-0.15, -0.1) is 0 Å². The minimum atomic E-state index is -4.67. The molecule has 2 aromatic rings. The molecule has 36 heavy (non-hydrogen) atoms. The van der Waals surface area contributed by atoms with E-state index in [0.29, 0.717) is 24.8 Å². The van der Waals surface area contributed by atoms with Crippen LogP contribution < -0.4 is 15.0 Å². The third-order valence-corrected chi connectivity index (χ3v) is 6.33. The molecule has 4 rings (SSSR count). The zero-order valence-electron chi connectivity index (χ0n) is 20.0. The van der Waals surface area contributed by atoms with Gasteiger partial charge in [0.25, 0.3) is 11.9 Å². The fraction of sp³-hybridized carbons (Fsp3) is 0.583. The SMILES string of the molecule is CCCN(CCOC)c1nc(C(=O)Nc2cc(F)c(OC3C[C@@H]4C[C@@H]4C3)c(F)c2)c(CC(F)(F)F)o1. The monoisotopic (exact) mass is 517 g/mol. The van der Waals surface area contributed by atoms with Crippen molar-refractivity contribution in [3.63, 3.8) is 0 Å². The van der Waals surface area contributed by atoms with Gasteiger partial charge in [-0.1, -0.05) is 6.92 Å². The minimum Gasteiger partial charge on any atom is -0.484 e. The normalized spacial score (nSPS) is 20.8. The first-order valence-corrected chi connectivity index (χ1v) is 11.8. The van der Waals surface area contributed by atoms with E-state index in [0.717, 1.165) is 31.4 Å². The summed E-state index contributed by atoms with van der Waals surface area (Å²) in [6.45, 7) is 2.79. The lowest BCUT2D eigenvalue weighted by Gasteiger charge is -2.19. The molecule has 1 aromatic heterocycles. The van der Waals surface area contributed by atoms with Crippen molar-refractivity contribution >= 4 is 17.6 Å². The van der Waals surface area contributed by atoms with Crippen LogP contribution in [0.5, 0.6) is 5.75 Å². The van der Waals surface area contributed by atoms with Gasteiger partial charge in [0.05, 0.1) is 12.7 Å². The number of anilines is 2. The summed E-state index contributed by atoms with van der Waals surface area (Å²) in [5, 5.41) is 2.22. The molecule has 2 aliphatic carbocycles. The van der Waals surface area contributed by atoms with Gasteiger partial charge >= 0.3 is 6.18 Å². The van der Waals surface area contributed by atoms with Gasteiger partial charge in [0.2, 0.25) is 0 Å². The molecule has 3 atom stereocenters. The molecule has 0 spiro atoms. The highest BCUT2D eigenvalue weighted by Crippen LogP contribution is 2.52. The molecule has 0 radical (unpaired) electrons. The first kappa shape index (κ1) is 26.2. The molecule has 2 aliphatic rings. The second kappa shape index (κ2) is 10.6. The highest BCUT2D eigenvalue weighted by Gasteiger charge is 2.47. The number of amides is 1. The Morgan fingerprint density at radius 2 is 1.83 bits per heavy atom. The molecular weight excluding hydrogens is 489 g/mol. The molecule has 0 bridgehead atoms. The van der Waals surface area contributed by atoms with Crippen LogP contribution in [0.2, 0.25) is 0 Å². The zero-order chi connectivity index (χ0) is 26.0. The van der Waals surface area contributed by atoms with Crippen LogP contribution >= 0.6 is 0 Å². The molecule has 1 aromatic carbocycles. The van der Waals surface area contributed by atoms with Crippen molar-refractivity contribution in [3.8, 4) is 5.75 Å². The molecule has 0 aliphatic heterocycles. The fourth-order valence-electron chi connectivity index (χ4n) is 4.59. The fourth-order valence-corrected chi connectivity index (χ4v) is 4.59. The molecule has 1 heterocycles. The lowest BCUT2D eigenvalue weighted by molar-refractivity contribution is -0.130. The molecule has 7 nitrogen and oxygen atoms in total. The van der Waals surface area contributed by atoms with E-state index in [-0.39, 0.29) is 31.0 Å². The molecule has 0 saturated heterocycles. The number of methoxy groups -OCH3 is 1. The molecule has 198 valence electrons. The summed E-state index contributed by atoms with van der Waals surface area (Å²) < 4.78 is 84.5. The number of fused-ring (bicyclic) bond motifs is 1. The lowest BCUT2D eigenvalue weighted by Crippen LogP contribution is -2.28. The van der Waals surface area contributed by atoms with Gasteiger partial charge in [0.1, 0.15) is 12.2 Å². The summed E-state index contributed by atoms with van der Waals surface area (Å²) >= 11 is 0. The van der Waals surface area contributed by atoms with Crippen molar-refractivity contribution in [1.82, 2.24) is 4.98 Å². The van der Waals surface area contributed by atoms with Crippen molar-refractivity contribution in [2.45, 2.75) is 51.3 Å². The summed E-state index contributed by atoms with van der Waals surface area (Å²) in [4.78, 5) is 18.4. The van der Waals surface area contributed by atoms with E-state index < -0.39 is 47.3 Å². The van der Waals surface area contributed by atoms with Gasteiger partial charge in [0.15, 0.2) is 23.1 Å². The number of benzene rings is 1. The van der Waals surface area contributed by atoms with Crippen molar-refractivity contribution in [2.24, 2.45) is 11.8 Å². The minimum absolute atomic E-state index is 0.172. The topological polar surface area (TPSA) is 76.8 Å². The number of rotatable bonds is 11. The van der Waals surface area contributed by atoms with Crippen LogP contribution in [-0.2, 0) is 11.2 Å². The van der Waals surface area contributed by atoms with Gasteiger partial charge in [-0.3, -0.25) is 4.79 Å². The predicted octanol–water partition coefficient (Wildman–Crippen LogP) is 5.35. The zero-order valence-corrected chi connectivity index (χ0v) is 20.0. The summed E-state index contributed by atoms with van der Waals surface area (Å²) in [7, 11) is 1.47. The van der Waals surface area contributed by atoms with Gasteiger partial charge in [-0.2, -0.15) is 18.2 Å². The number of nitrogens with one attached hydrogen (secondary N) is 1. The number of ether oxygens (including phenoxy) is 2. The first-order valence-electron chi connectivity index (χ1n) is 11.8. The van der Waals surface area contributed by atoms with Crippen molar-refractivity contribution in [2.75, 3.05) is 37.0 Å². The largest absolute Gasteiger partial charge is 0.484 e. The van der Waals surface area contributed by atoms with Crippen LogP contribution in [0, 0.1) is 23.5 Å². The average Bonchev–Trinajstić information content (AvgIpc) is 3.19. The number of hydrogen-bond donors (Lipinski definition) is 1. The van der Waals surface area contributed by atoms with E-state index in [1.807, 2.05) is 6.92 Å². The number of carbonyl (C=O) groups excluding carboxylic acids is 1. The van der Waals surface area contributed by atoms with Crippen LogP contribution in [0.1, 0.15) is 48.9 Å². The van der Waals surface area contributed by atoms with Crippen molar-refractivity contribution in [3.05, 3.63) is 35.2 Å². The maximum Gasteiger partial charge on any atom is 0.396 e. The number of halogens is 5. The number of carbonyl (C=O) groups is 1. The number of nitrogens with zero attached hydrogens (tertiary/aromatic N) is 2. The molecule has 12 heteroatoms. The van der Waals surface area contributed by atoms with Gasteiger partial charge in [-0.25, -0.2) is 8.78 Å². The Morgan fingerprint density at radius 3 is 2.42 bits per heavy atom. The highest BCUT2D eigenvalue weighted by molar-refractivity contribution is 6.03. The van der Waals surface area contributed by atoms with E-state index in [2.05, 4.69) is 10.3 Å². The Balaban J connectivity index is 1.53. The van der Waals surface area contributed by atoms with Crippen LogP contribution in [0.3, 0.4) is 0 Å². The van der Waals surface area contributed by atoms with E-state index in [1.54, 1.807) is 4.90 Å². The number of hydrogen-bond acceptors (Lipinski definition) is 6. The van der Waals surface area contributed by atoms with Gasteiger partial charge in [0, 0.05) is 38.0 Å². The summed E-state index contributed by atoms with van der Waals surface area (Å²) in [6, 6.07) is 1.55. The predicted molar refractivity (Wildman–Crippen MR) is 120 cm³/mol. The van der Waals surface area contributed by atoms with Crippen LogP contribution in [0.4, 0.5) is 33.7 Å². The average molecular weight is 517 g/mol. The number of aromatic nitrogens is 1. The van der Waals surface area contributed by atoms with Crippen LogP contribution in [-0.4, -0.2) is 50.0 Å². The summed E-state index contributed by atoms with van der Waals surface area (Å²) in [6.07, 6.45) is -3.22. The summed E-state index contributed by atoms with van der Waals surface area (Å²) in [5.74, 6) is -3.24. The summed E-state index contributed by atoms with van der Waals surface area (Å²) in [5.41, 5.74) is -0.906. The van der Waals surface area contributed by atoms with Gasteiger partial charge in [-0.05, 0) is 37.5 Å². The smallest absolute Gasteiger partial charge is 0.396 e. The molecule has 1 unspecified atom stereocenters. The van der Waals surface area contributed by atoms with E-state index >= 15 is 0 Å². The molecule has 1 N–H and O–H groups in total. The van der Waals surface area contributed by atoms with Crippen LogP contribution in [0.25, 0.3) is 0 Å². The van der Waals surface area contributed by atoms with Gasteiger partial charge < -0.3 is 24.1 Å². The third-order valence-electron chi connectivity index (χ3n) is 6.33. The Kier molecular flexibility index (Phi) is 7.72. The molecule has 2 fully saturated rings. The Morgan fingerprint density at radius 1 is 1.17 bits per heavy atom. The Hall–Kier alpha value is -2.89. The molecule has 2 saturated carbocycles. The van der Waals surface area contributed by atoms with E-state index in [4.69, 9.17) is 13.9 Å². The lowest BCUT2D eigenvalue weighted by atomic mass is 10.2. The molecular formula is C24H28F5N3O4. The maximum atomic E-state index is 14.6. The van der Waals surface area contributed by atoms with E-state index in [1.165, 1.54) is 7.11 Å². The van der Waals surface area contributed by atoms with Crippen molar-refractivity contribution in [1.29, 1.82) is 0 Å². The Labute approximate surface area is 204 Å². The molecule has 1 amide bonds. The number of oxazole rings is 1. The Bertz CT molecular complexity index is 1060. The van der Waals surface area contributed by atoms with E-state index in [9.17, 15) is 26.7 Å². The van der Waals surface area contributed by atoms with Crippen molar-refractivity contribution < 1.29 is 40.6 Å². The first-order chi connectivity index (χ1) is 17.1. The van der Waals surface area contributed by atoms with Crippen LogP contribution in [0.15, 0.2) is 16.5 Å². The quantitative estimate of drug-likeness (QED) is 0.405.